The van der Waals surface area contributed by atoms with E-state index in [4.69, 9.17) is 4.74 Å². The summed E-state index contributed by atoms with van der Waals surface area (Å²) in [7, 11) is 4.13. The lowest BCUT2D eigenvalue weighted by atomic mass is 10.3. The summed E-state index contributed by atoms with van der Waals surface area (Å²) >= 11 is 0. The number of hydrogen-bond donors (Lipinski definition) is 1. The van der Waals surface area contributed by atoms with Crippen LogP contribution in [0.4, 0.5) is 0 Å². The average molecular weight is 181 g/mol. The van der Waals surface area contributed by atoms with Crippen molar-refractivity contribution in [3.8, 4) is 0 Å². The predicted molar refractivity (Wildman–Crippen MR) is 48.4 cm³/mol. The summed E-state index contributed by atoms with van der Waals surface area (Å²) in [5, 5.41) is 3.29. The van der Waals surface area contributed by atoms with E-state index in [1.54, 1.807) is 0 Å². The third kappa shape index (κ3) is 4.58. The molecule has 68 valence electrons. The molecule has 0 saturated carbocycles. The Balaban J connectivity index is 0.000001000. The van der Waals surface area contributed by atoms with Gasteiger partial charge in [0.2, 0.25) is 0 Å². The maximum Gasteiger partial charge on any atom is 0.0826 e. The molecular formula is C7H17ClN2O. The number of halogens is 1. The largest absolute Gasteiger partial charge is 0.374 e. The van der Waals surface area contributed by atoms with Crippen molar-refractivity contribution in [1.82, 2.24) is 10.2 Å². The maximum absolute atomic E-state index is 5.48. The molecular weight excluding hydrogens is 164 g/mol. The van der Waals surface area contributed by atoms with Gasteiger partial charge in [0.05, 0.1) is 12.7 Å². The fraction of sp³-hybridized carbons (Fsp3) is 1.00. The van der Waals surface area contributed by atoms with E-state index in [2.05, 4.69) is 24.3 Å². The van der Waals surface area contributed by atoms with Gasteiger partial charge in [-0.05, 0) is 14.1 Å². The third-order valence-electron chi connectivity index (χ3n) is 1.57. The van der Waals surface area contributed by atoms with E-state index in [1.807, 2.05) is 0 Å². The second-order valence-corrected chi connectivity index (χ2v) is 2.96. The van der Waals surface area contributed by atoms with Gasteiger partial charge in [-0.1, -0.05) is 0 Å². The monoisotopic (exact) mass is 180 g/mol. The molecule has 1 fully saturated rings. The summed E-state index contributed by atoms with van der Waals surface area (Å²) in [6.45, 7) is 3.88. The van der Waals surface area contributed by atoms with Crippen LogP contribution in [0.1, 0.15) is 0 Å². The zero-order valence-corrected chi connectivity index (χ0v) is 7.99. The minimum absolute atomic E-state index is 0. The van der Waals surface area contributed by atoms with Crippen LogP contribution in [-0.4, -0.2) is 51.3 Å². The van der Waals surface area contributed by atoms with E-state index in [9.17, 15) is 0 Å². The summed E-state index contributed by atoms with van der Waals surface area (Å²) < 4.78 is 5.48. The first-order valence-corrected chi connectivity index (χ1v) is 3.76. The number of likely N-dealkylation sites (N-methyl/N-ethyl adjacent to an activating group) is 1. The lowest BCUT2D eigenvalue weighted by molar-refractivity contribution is 0.0139. The zero-order chi connectivity index (χ0) is 7.40. The number of ether oxygens (including phenoxy) is 1. The molecule has 0 aliphatic carbocycles. The fourth-order valence-corrected chi connectivity index (χ4v) is 1.14. The molecule has 1 aliphatic heterocycles. The predicted octanol–water partition coefficient (Wildman–Crippen LogP) is -0.0418. The van der Waals surface area contributed by atoms with Gasteiger partial charge in [0.1, 0.15) is 0 Å². The number of morpholine rings is 1. The molecule has 0 bridgehead atoms. The van der Waals surface area contributed by atoms with Crippen molar-refractivity contribution in [3.05, 3.63) is 0 Å². The molecule has 1 atom stereocenters. The van der Waals surface area contributed by atoms with Crippen LogP contribution in [0.2, 0.25) is 0 Å². The normalized spacial score (nSPS) is 24.8. The van der Waals surface area contributed by atoms with E-state index in [0.29, 0.717) is 6.10 Å². The number of nitrogens with one attached hydrogen (secondary N) is 1. The van der Waals surface area contributed by atoms with E-state index in [1.165, 1.54) is 0 Å². The van der Waals surface area contributed by atoms with Crippen molar-refractivity contribution in [2.45, 2.75) is 6.10 Å². The minimum Gasteiger partial charge on any atom is -0.374 e. The SMILES string of the molecule is CN(C)CC1CNCCO1.Cl. The van der Waals surface area contributed by atoms with Gasteiger partial charge in [-0.2, -0.15) is 0 Å². The van der Waals surface area contributed by atoms with Crippen LogP contribution in [0, 0.1) is 0 Å². The molecule has 0 aromatic rings. The molecule has 1 unspecified atom stereocenters. The third-order valence-corrected chi connectivity index (χ3v) is 1.57. The van der Waals surface area contributed by atoms with Crippen molar-refractivity contribution in [3.63, 3.8) is 0 Å². The molecule has 1 aliphatic rings. The first kappa shape index (κ1) is 11.2. The van der Waals surface area contributed by atoms with E-state index in [-0.39, 0.29) is 12.4 Å². The highest BCUT2D eigenvalue weighted by Crippen LogP contribution is 1.96. The van der Waals surface area contributed by atoms with Gasteiger partial charge in [0.15, 0.2) is 0 Å². The van der Waals surface area contributed by atoms with E-state index in [0.717, 1.165) is 26.2 Å². The topological polar surface area (TPSA) is 24.5 Å². The number of hydrogen-bond acceptors (Lipinski definition) is 3. The van der Waals surface area contributed by atoms with Gasteiger partial charge in [0.25, 0.3) is 0 Å². The molecule has 1 rings (SSSR count). The summed E-state index contributed by atoms with van der Waals surface area (Å²) in [5.41, 5.74) is 0. The summed E-state index contributed by atoms with van der Waals surface area (Å²) in [6.07, 6.45) is 0.392. The molecule has 11 heavy (non-hydrogen) atoms. The first-order chi connectivity index (χ1) is 4.79. The van der Waals surface area contributed by atoms with Crippen LogP contribution < -0.4 is 5.32 Å². The summed E-state index contributed by atoms with van der Waals surface area (Å²) in [4.78, 5) is 2.15. The average Bonchev–Trinajstić information content (AvgIpc) is 1.88. The van der Waals surface area contributed by atoms with Gasteiger partial charge < -0.3 is 15.0 Å². The van der Waals surface area contributed by atoms with Crippen LogP contribution in [-0.2, 0) is 4.74 Å². The van der Waals surface area contributed by atoms with Crippen LogP contribution in [0.5, 0.6) is 0 Å². The van der Waals surface area contributed by atoms with Crippen molar-refractivity contribution in [2.24, 2.45) is 0 Å². The number of nitrogens with zero attached hydrogens (tertiary/aromatic N) is 1. The van der Waals surface area contributed by atoms with Gasteiger partial charge in [-0.3, -0.25) is 0 Å². The highest BCUT2D eigenvalue weighted by molar-refractivity contribution is 5.85. The van der Waals surface area contributed by atoms with Gasteiger partial charge in [-0.25, -0.2) is 0 Å². The fourth-order valence-electron chi connectivity index (χ4n) is 1.14. The minimum atomic E-state index is 0. The van der Waals surface area contributed by atoms with Gasteiger partial charge in [-0.15, -0.1) is 12.4 Å². The number of rotatable bonds is 2. The van der Waals surface area contributed by atoms with Crippen molar-refractivity contribution < 1.29 is 4.74 Å². The van der Waals surface area contributed by atoms with Gasteiger partial charge in [0, 0.05) is 19.6 Å². The van der Waals surface area contributed by atoms with Gasteiger partial charge >= 0.3 is 0 Å². The molecule has 1 saturated heterocycles. The highest BCUT2D eigenvalue weighted by Gasteiger charge is 2.12. The molecule has 0 aromatic heterocycles. The lowest BCUT2D eigenvalue weighted by Crippen LogP contribution is -2.43. The van der Waals surface area contributed by atoms with Crippen molar-refractivity contribution in [1.29, 1.82) is 0 Å². The first-order valence-electron chi connectivity index (χ1n) is 3.76. The highest BCUT2D eigenvalue weighted by atomic mass is 35.5. The second-order valence-electron chi connectivity index (χ2n) is 2.96. The van der Waals surface area contributed by atoms with Crippen molar-refractivity contribution >= 4 is 12.4 Å². The Kier molecular flexibility index (Phi) is 5.86. The zero-order valence-electron chi connectivity index (χ0n) is 7.17. The Morgan fingerprint density at radius 1 is 1.55 bits per heavy atom. The molecule has 0 spiro atoms. The molecule has 3 nitrogen and oxygen atoms in total. The smallest absolute Gasteiger partial charge is 0.0826 e. The Morgan fingerprint density at radius 3 is 2.73 bits per heavy atom. The molecule has 4 heteroatoms. The Hall–Kier alpha value is 0.170. The summed E-state index contributed by atoms with van der Waals surface area (Å²) in [5.74, 6) is 0. The van der Waals surface area contributed by atoms with Crippen LogP contribution in [0.15, 0.2) is 0 Å². The Bertz CT molecular complexity index is 94.4. The Labute approximate surface area is 74.5 Å². The Morgan fingerprint density at radius 2 is 2.27 bits per heavy atom. The molecule has 0 amide bonds. The maximum atomic E-state index is 5.48. The molecule has 0 radical (unpaired) electrons. The van der Waals surface area contributed by atoms with Crippen LogP contribution in [0.25, 0.3) is 0 Å². The van der Waals surface area contributed by atoms with E-state index >= 15 is 0 Å². The second kappa shape index (κ2) is 5.77. The van der Waals surface area contributed by atoms with Crippen LogP contribution >= 0.6 is 12.4 Å². The summed E-state index contributed by atoms with van der Waals surface area (Å²) in [6, 6.07) is 0. The lowest BCUT2D eigenvalue weighted by Gasteiger charge is -2.25. The molecule has 0 aromatic carbocycles. The quantitative estimate of drug-likeness (QED) is 0.646. The molecule has 1 heterocycles. The molecule has 1 N–H and O–H groups in total. The van der Waals surface area contributed by atoms with E-state index < -0.39 is 0 Å². The standard InChI is InChI=1S/C7H16N2O.ClH/c1-9(2)6-7-5-8-3-4-10-7;/h7-8H,3-6H2,1-2H3;1H. The van der Waals surface area contributed by atoms with Crippen LogP contribution in [0.3, 0.4) is 0 Å². The van der Waals surface area contributed by atoms with Crippen molar-refractivity contribution in [2.75, 3.05) is 40.3 Å².